The Kier molecular flexibility index (Phi) is 4.34. The van der Waals surface area contributed by atoms with Gasteiger partial charge in [-0.05, 0) is 38.1 Å². The van der Waals surface area contributed by atoms with Crippen molar-refractivity contribution in [2.45, 2.75) is 38.5 Å². The van der Waals surface area contributed by atoms with E-state index in [2.05, 4.69) is 20.0 Å². The predicted octanol–water partition coefficient (Wildman–Crippen LogP) is 3.27. The number of aryl methyl sites for hydroxylation is 2. The van der Waals surface area contributed by atoms with Crippen LogP contribution in [0.15, 0.2) is 38.2 Å². The third kappa shape index (κ3) is 3.41. The van der Waals surface area contributed by atoms with E-state index in [0.717, 1.165) is 0 Å². The molecule has 8 nitrogen and oxygen atoms in total. The van der Waals surface area contributed by atoms with E-state index in [1.807, 2.05) is 13.8 Å². The highest BCUT2D eigenvalue weighted by atomic mass is 32.2. The largest absolute Gasteiger partial charge is 0.360 e. The molecule has 1 aromatic carbocycles. The molecular weight excluding hydrogens is 344 g/mol. The highest BCUT2D eigenvalue weighted by molar-refractivity contribution is 7.92. The molecule has 0 fully saturated rings. The number of rotatable bonds is 5. The summed E-state index contributed by atoms with van der Waals surface area (Å²) in [5.41, 5.74) is 1.43. The number of nitrogens with one attached hydrogen (secondary N) is 1. The third-order valence-electron chi connectivity index (χ3n) is 3.58. The van der Waals surface area contributed by atoms with Gasteiger partial charge in [0.15, 0.2) is 16.5 Å². The van der Waals surface area contributed by atoms with E-state index >= 15 is 0 Å². The summed E-state index contributed by atoms with van der Waals surface area (Å²) in [5.74, 6) is 1.43. The van der Waals surface area contributed by atoms with Crippen LogP contribution in [0, 0.1) is 13.8 Å². The van der Waals surface area contributed by atoms with Crippen molar-refractivity contribution in [3.05, 3.63) is 41.5 Å². The minimum absolute atomic E-state index is 0.0510. The van der Waals surface area contributed by atoms with Gasteiger partial charge in [-0.25, -0.2) is 8.42 Å². The molecule has 0 saturated heterocycles. The van der Waals surface area contributed by atoms with Gasteiger partial charge in [-0.2, -0.15) is 4.98 Å². The van der Waals surface area contributed by atoms with Crippen LogP contribution in [0.2, 0.25) is 0 Å². The zero-order valence-corrected chi connectivity index (χ0v) is 15.1. The monoisotopic (exact) mass is 362 g/mol. The van der Waals surface area contributed by atoms with Gasteiger partial charge in [0.1, 0.15) is 5.69 Å². The Hall–Kier alpha value is -2.68. The minimum Gasteiger partial charge on any atom is -0.360 e. The summed E-state index contributed by atoms with van der Waals surface area (Å²) in [5, 5.41) is 7.58. The SMILES string of the molecule is Cc1noc(C)c1S(=O)(=O)Nc1ccc(-c2nc(C(C)C)no2)cc1. The number of benzene rings is 1. The molecule has 3 rings (SSSR count). The summed E-state index contributed by atoms with van der Waals surface area (Å²) in [6.07, 6.45) is 0. The first-order valence-corrected chi connectivity index (χ1v) is 9.16. The van der Waals surface area contributed by atoms with Crippen LogP contribution >= 0.6 is 0 Å². The van der Waals surface area contributed by atoms with Crippen molar-refractivity contribution in [1.82, 2.24) is 15.3 Å². The Labute approximate surface area is 145 Å². The number of nitrogens with zero attached hydrogens (tertiary/aromatic N) is 3. The van der Waals surface area contributed by atoms with Gasteiger partial charge in [0, 0.05) is 17.2 Å². The fraction of sp³-hybridized carbons (Fsp3) is 0.312. The van der Waals surface area contributed by atoms with Gasteiger partial charge in [0.2, 0.25) is 0 Å². The first-order valence-electron chi connectivity index (χ1n) is 7.67. The molecule has 0 bridgehead atoms. The second-order valence-electron chi connectivity index (χ2n) is 5.95. The van der Waals surface area contributed by atoms with Crippen molar-refractivity contribution in [3.63, 3.8) is 0 Å². The normalized spacial score (nSPS) is 11.9. The van der Waals surface area contributed by atoms with Crippen molar-refractivity contribution in [2.75, 3.05) is 4.72 Å². The highest BCUT2D eigenvalue weighted by Crippen LogP contribution is 2.25. The van der Waals surface area contributed by atoms with Crippen LogP contribution in [0.1, 0.15) is 37.0 Å². The molecule has 0 spiro atoms. The molecule has 132 valence electrons. The molecule has 2 aromatic heterocycles. The second-order valence-corrected chi connectivity index (χ2v) is 7.57. The van der Waals surface area contributed by atoms with Crippen molar-refractivity contribution in [2.24, 2.45) is 0 Å². The number of sulfonamides is 1. The summed E-state index contributed by atoms with van der Waals surface area (Å²) in [7, 11) is -3.77. The van der Waals surface area contributed by atoms with E-state index in [-0.39, 0.29) is 16.6 Å². The molecule has 0 saturated carbocycles. The summed E-state index contributed by atoms with van der Waals surface area (Å²) >= 11 is 0. The van der Waals surface area contributed by atoms with Crippen molar-refractivity contribution >= 4 is 15.7 Å². The number of anilines is 1. The van der Waals surface area contributed by atoms with Gasteiger partial charge >= 0.3 is 0 Å². The maximum absolute atomic E-state index is 12.5. The molecule has 0 aliphatic rings. The molecule has 0 aliphatic carbocycles. The summed E-state index contributed by atoms with van der Waals surface area (Å²) < 4.78 is 37.6. The van der Waals surface area contributed by atoms with Crippen LogP contribution in [-0.4, -0.2) is 23.7 Å². The zero-order valence-electron chi connectivity index (χ0n) is 14.3. The summed E-state index contributed by atoms with van der Waals surface area (Å²) in [4.78, 5) is 4.36. The van der Waals surface area contributed by atoms with Gasteiger partial charge < -0.3 is 9.05 Å². The van der Waals surface area contributed by atoms with Crippen molar-refractivity contribution < 1.29 is 17.5 Å². The molecule has 0 atom stereocenters. The lowest BCUT2D eigenvalue weighted by Crippen LogP contribution is -2.14. The Bertz CT molecular complexity index is 968. The standard InChI is InChI=1S/C16H18N4O4S/c1-9(2)15-17-16(24-19-15)12-5-7-13(8-6-12)20-25(21,22)14-10(3)18-23-11(14)4/h5-9,20H,1-4H3. The maximum Gasteiger partial charge on any atom is 0.267 e. The van der Waals surface area contributed by atoms with Crippen LogP contribution in [0.5, 0.6) is 0 Å². The van der Waals surface area contributed by atoms with Crippen LogP contribution in [0.3, 0.4) is 0 Å². The van der Waals surface area contributed by atoms with Gasteiger partial charge in [-0.3, -0.25) is 4.72 Å². The second kappa shape index (κ2) is 6.32. The number of hydrogen-bond donors (Lipinski definition) is 1. The molecule has 0 aliphatic heterocycles. The fourth-order valence-electron chi connectivity index (χ4n) is 2.33. The molecule has 0 unspecified atom stereocenters. The quantitative estimate of drug-likeness (QED) is 0.741. The Morgan fingerprint density at radius 1 is 1.04 bits per heavy atom. The van der Waals surface area contributed by atoms with E-state index < -0.39 is 10.0 Å². The Morgan fingerprint density at radius 3 is 2.24 bits per heavy atom. The van der Waals surface area contributed by atoms with E-state index in [1.165, 1.54) is 0 Å². The van der Waals surface area contributed by atoms with Gasteiger partial charge in [-0.1, -0.05) is 24.2 Å². The molecule has 9 heteroatoms. The minimum atomic E-state index is -3.77. The lowest BCUT2D eigenvalue weighted by Gasteiger charge is -2.07. The van der Waals surface area contributed by atoms with Crippen LogP contribution < -0.4 is 4.72 Å². The molecule has 0 amide bonds. The Morgan fingerprint density at radius 2 is 1.72 bits per heavy atom. The molecule has 2 heterocycles. The van der Waals surface area contributed by atoms with E-state index in [4.69, 9.17) is 9.05 Å². The molecule has 1 N–H and O–H groups in total. The molecule has 0 radical (unpaired) electrons. The molecule has 25 heavy (non-hydrogen) atoms. The molecular formula is C16H18N4O4S. The lowest BCUT2D eigenvalue weighted by atomic mass is 10.2. The zero-order chi connectivity index (χ0) is 18.2. The topological polar surface area (TPSA) is 111 Å². The predicted molar refractivity (Wildman–Crippen MR) is 90.6 cm³/mol. The van der Waals surface area contributed by atoms with Crippen LogP contribution in [-0.2, 0) is 10.0 Å². The van der Waals surface area contributed by atoms with E-state index in [0.29, 0.717) is 28.7 Å². The summed E-state index contributed by atoms with van der Waals surface area (Å²) in [6.45, 7) is 7.08. The maximum atomic E-state index is 12.5. The van der Waals surface area contributed by atoms with Crippen molar-refractivity contribution in [3.8, 4) is 11.5 Å². The smallest absolute Gasteiger partial charge is 0.267 e. The van der Waals surface area contributed by atoms with Crippen molar-refractivity contribution in [1.29, 1.82) is 0 Å². The third-order valence-corrected chi connectivity index (χ3v) is 5.20. The molecule has 3 aromatic rings. The lowest BCUT2D eigenvalue weighted by molar-refractivity contribution is 0.390. The average molecular weight is 362 g/mol. The van der Waals surface area contributed by atoms with Gasteiger partial charge in [-0.15, -0.1) is 0 Å². The Balaban J connectivity index is 1.83. The van der Waals surface area contributed by atoms with E-state index in [1.54, 1.807) is 38.1 Å². The number of hydrogen-bond acceptors (Lipinski definition) is 7. The highest BCUT2D eigenvalue weighted by Gasteiger charge is 2.24. The first-order chi connectivity index (χ1) is 11.8. The van der Waals surface area contributed by atoms with Gasteiger partial charge in [0.25, 0.3) is 15.9 Å². The summed E-state index contributed by atoms with van der Waals surface area (Å²) in [6, 6.07) is 6.68. The van der Waals surface area contributed by atoms with E-state index in [9.17, 15) is 8.42 Å². The fourth-order valence-corrected chi connectivity index (χ4v) is 3.72. The van der Waals surface area contributed by atoms with Gasteiger partial charge in [0.05, 0.1) is 0 Å². The average Bonchev–Trinajstić information content (AvgIpc) is 3.15. The van der Waals surface area contributed by atoms with Crippen LogP contribution in [0.25, 0.3) is 11.5 Å². The number of aromatic nitrogens is 3. The first kappa shape index (κ1) is 17.2. The van der Waals surface area contributed by atoms with Crippen LogP contribution in [0.4, 0.5) is 5.69 Å².